The van der Waals surface area contributed by atoms with Crippen LogP contribution in [0, 0.1) is 0 Å². The standard InChI is InChI=1S/C26H28ClN3O3S.ClH/c27-20-8-9-25-22(19-20)30(21-5-1-2-7-24(21)34-25)11-4-10-28-12-14-29(15-13-28)16-18-33-26(31)23-6-3-17-32-23;/h1-3,5-9,17,19H,4,10-16,18H2;1H. The number of piperazine rings is 1. The van der Waals surface area contributed by atoms with Crippen LogP contribution in [-0.2, 0) is 4.74 Å². The van der Waals surface area contributed by atoms with E-state index in [2.05, 4.69) is 51.1 Å². The molecule has 1 aromatic heterocycles. The van der Waals surface area contributed by atoms with Crippen molar-refractivity contribution in [1.29, 1.82) is 0 Å². The van der Waals surface area contributed by atoms with E-state index in [1.54, 1.807) is 12.1 Å². The second-order valence-corrected chi connectivity index (χ2v) is 10.0. The molecule has 1 saturated heterocycles. The fourth-order valence-electron chi connectivity index (χ4n) is 4.47. The van der Waals surface area contributed by atoms with Crippen LogP contribution in [0.25, 0.3) is 0 Å². The Balaban J connectivity index is 0.00000289. The molecular weight excluding hydrogens is 505 g/mol. The molecule has 3 aromatic rings. The Kier molecular flexibility index (Phi) is 9.03. The lowest BCUT2D eigenvalue weighted by Gasteiger charge is -2.36. The number of esters is 1. The summed E-state index contributed by atoms with van der Waals surface area (Å²) in [6.07, 6.45) is 2.55. The summed E-state index contributed by atoms with van der Waals surface area (Å²) in [5.74, 6) is -0.145. The van der Waals surface area contributed by atoms with E-state index in [1.807, 2.05) is 17.8 Å². The first kappa shape index (κ1) is 25.9. The van der Waals surface area contributed by atoms with E-state index in [0.29, 0.717) is 6.61 Å². The van der Waals surface area contributed by atoms with E-state index >= 15 is 0 Å². The van der Waals surface area contributed by atoms with Crippen molar-refractivity contribution in [1.82, 2.24) is 9.80 Å². The minimum absolute atomic E-state index is 0. The second kappa shape index (κ2) is 12.2. The van der Waals surface area contributed by atoms with Crippen LogP contribution in [-0.4, -0.2) is 68.2 Å². The van der Waals surface area contributed by atoms with Gasteiger partial charge < -0.3 is 19.0 Å². The van der Waals surface area contributed by atoms with Gasteiger partial charge in [0.15, 0.2) is 0 Å². The molecule has 0 atom stereocenters. The SMILES string of the molecule is Cl.O=C(OCCN1CCN(CCCN2c3ccccc3Sc3ccc(Cl)cc32)CC1)c1ccco1. The number of para-hydroxylation sites is 1. The molecule has 0 bridgehead atoms. The Bertz CT molecular complexity index is 1120. The van der Waals surface area contributed by atoms with E-state index in [-0.39, 0.29) is 18.2 Å². The highest BCUT2D eigenvalue weighted by atomic mass is 35.5. The van der Waals surface area contributed by atoms with Crippen LogP contribution < -0.4 is 4.90 Å². The fraction of sp³-hybridized carbons (Fsp3) is 0.346. The van der Waals surface area contributed by atoms with Gasteiger partial charge in [0, 0.05) is 54.1 Å². The highest BCUT2D eigenvalue weighted by Crippen LogP contribution is 2.48. The number of hydrogen-bond donors (Lipinski definition) is 0. The average Bonchev–Trinajstić information content (AvgIpc) is 3.40. The van der Waals surface area contributed by atoms with Crippen molar-refractivity contribution < 1.29 is 13.9 Å². The average molecular weight is 535 g/mol. The van der Waals surface area contributed by atoms with Crippen LogP contribution in [0.15, 0.2) is 75.1 Å². The number of anilines is 2. The molecule has 0 amide bonds. The molecule has 0 radical (unpaired) electrons. The van der Waals surface area contributed by atoms with Crippen LogP contribution in [0.5, 0.6) is 0 Å². The number of ether oxygens (including phenoxy) is 1. The molecule has 5 rings (SSSR count). The number of carbonyl (C=O) groups is 1. The van der Waals surface area contributed by atoms with Gasteiger partial charge in [-0.1, -0.05) is 35.5 Å². The third-order valence-electron chi connectivity index (χ3n) is 6.27. The smallest absolute Gasteiger partial charge is 0.374 e. The van der Waals surface area contributed by atoms with Gasteiger partial charge in [-0.3, -0.25) is 4.90 Å². The van der Waals surface area contributed by atoms with Crippen molar-refractivity contribution in [2.75, 3.05) is 57.3 Å². The first-order valence-electron chi connectivity index (χ1n) is 11.7. The Labute approximate surface area is 221 Å². The Morgan fingerprint density at radius 1 is 0.914 bits per heavy atom. The third kappa shape index (κ3) is 6.35. The van der Waals surface area contributed by atoms with E-state index in [1.165, 1.54) is 27.4 Å². The normalized spacial score (nSPS) is 15.7. The molecule has 0 aliphatic carbocycles. The molecule has 0 unspecified atom stereocenters. The van der Waals surface area contributed by atoms with Gasteiger partial charge in [-0.2, -0.15) is 0 Å². The summed E-state index contributed by atoms with van der Waals surface area (Å²) in [6, 6.07) is 18.1. The number of furan rings is 1. The second-order valence-electron chi connectivity index (χ2n) is 8.48. The van der Waals surface area contributed by atoms with E-state index in [9.17, 15) is 4.79 Å². The zero-order chi connectivity index (χ0) is 23.3. The van der Waals surface area contributed by atoms with Gasteiger partial charge in [-0.15, -0.1) is 12.4 Å². The van der Waals surface area contributed by atoms with Gasteiger partial charge in [0.2, 0.25) is 5.76 Å². The number of carbonyl (C=O) groups excluding carboxylic acids is 1. The lowest BCUT2D eigenvalue weighted by molar-refractivity contribution is 0.0390. The summed E-state index contributed by atoms with van der Waals surface area (Å²) in [5.41, 5.74) is 2.46. The summed E-state index contributed by atoms with van der Waals surface area (Å²) in [7, 11) is 0. The van der Waals surface area contributed by atoms with Crippen molar-refractivity contribution >= 4 is 53.1 Å². The maximum absolute atomic E-state index is 11.9. The Morgan fingerprint density at radius 2 is 1.66 bits per heavy atom. The van der Waals surface area contributed by atoms with Crippen LogP contribution >= 0.6 is 35.8 Å². The number of fused-ring (bicyclic) bond motifs is 2. The van der Waals surface area contributed by atoms with E-state index in [4.69, 9.17) is 20.8 Å². The highest BCUT2D eigenvalue weighted by Gasteiger charge is 2.24. The zero-order valence-electron chi connectivity index (χ0n) is 19.4. The van der Waals surface area contributed by atoms with Crippen molar-refractivity contribution in [3.63, 3.8) is 0 Å². The highest BCUT2D eigenvalue weighted by molar-refractivity contribution is 7.99. The van der Waals surface area contributed by atoms with Crippen molar-refractivity contribution in [3.8, 4) is 0 Å². The quantitative estimate of drug-likeness (QED) is 0.338. The molecule has 1 fully saturated rings. The monoisotopic (exact) mass is 533 g/mol. The Hall–Kier alpha value is -2.16. The summed E-state index contributed by atoms with van der Waals surface area (Å²) < 4.78 is 10.4. The van der Waals surface area contributed by atoms with Gasteiger partial charge in [0.25, 0.3) is 0 Å². The predicted octanol–water partition coefficient (Wildman–Crippen LogP) is 5.82. The molecular formula is C26H29Cl2N3O3S. The van der Waals surface area contributed by atoms with Crippen LogP contribution in [0.2, 0.25) is 5.02 Å². The van der Waals surface area contributed by atoms with Crippen LogP contribution in [0.1, 0.15) is 17.0 Å². The molecule has 35 heavy (non-hydrogen) atoms. The molecule has 6 nitrogen and oxygen atoms in total. The lowest BCUT2D eigenvalue weighted by atomic mass is 10.2. The largest absolute Gasteiger partial charge is 0.458 e. The molecule has 9 heteroatoms. The van der Waals surface area contributed by atoms with Crippen molar-refractivity contribution in [3.05, 3.63) is 71.6 Å². The number of hydrogen-bond acceptors (Lipinski definition) is 7. The number of nitrogens with zero attached hydrogens (tertiary/aromatic N) is 3. The Morgan fingerprint density at radius 3 is 2.43 bits per heavy atom. The van der Waals surface area contributed by atoms with Crippen LogP contribution in [0.3, 0.4) is 0 Å². The number of halogens is 2. The molecule has 0 saturated carbocycles. The molecule has 0 spiro atoms. The van der Waals surface area contributed by atoms with E-state index < -0.39 is 5.97 Å². The molecule has 186 valence electrons. The topological polar surface area (TPSA) is 49.2 Å². The summed E-state index contributed by atoms with van der Waals surface area (Å²) >= 11 is 8.15. The maximum atomic E-state index is 11.9. The van der Waals surface area contributed by atoms with Gasteiger partial charge in [0.05, 0.1) is 17.6 Å². The zero-order valence-corrected chi connectivity index (χ0v) is 21.8. The van der Waals surface area contributed by atoms with Gasteiger partial charge in [-0.05, 0) is 55.4 Å². The predicted molar refractivity (Wildman–Crippen MR) is 143 cm³/mol. The van der Waals surface area contributed by atoms with Crippen molar-refractivity contribution in [2.45, 2.75) is 16.2 Å². The maximum Gasteiger partial charge on any atom is 0.374 e. The minimum Gasteiger partial charge on any atom is -0.458 e. The van der Waals surface area contributed by atoms with Crippen LogP contribution in [0.4, 0.5) is 11.4 Å². The number of benzene rings is 2. The van der Waals surface area contributed by atoms with Gasteiger partial charge in [0.1, 0.15) is 6.61 Å². The summed E-state index contributed by atoms with van der Waals surface area (Å²) in [4.78, 5) is 21.7. The first-order valence-corrected chi connectivity index (χ1v) is 12.9. The van der Waals surface area contributed by atoms with E-state index in [0.717, 1.165) is 57.3 Å². The lowest BCUT2D eigenvalue weighted by Crippen LogP contribution is -2.47. The summed E-state index contributed by atoms with van der Waals surface area (Å²) in [6.45, 7) is 7.17. The molecule has 0 N–H and O–H groups in total. The van der Waals surface area contributed by atoms with Crippen molar-refractivity contribution in [2.24, 2.45) is 0 Å². The third-order valence-corrected chi connectivity index (χ3v) is 7.64. The van der Waals surface area contributed by atoms with Gasteiger partial charge >= 0.3 is 5.97 Å². The molecule has 2 aliphatic rings. The van der Waals surface area contributed by atoms with Gasteiger partial charge in [-0.25, -0.2) is 4.79 Å². The molecule has 2 aromatic carbocycles. The molecule has 3 heterocycles. The fourth-order valence-corrected chi connectivity index (χ4v) is 5.71. The number of rotatable bonds is 8. The first-order chi connectivity index (χ1) is 16.7. The molecule has 2 aliphatic heterocycles. The minimum atomic E-state index is -0.399. The summed E-state index contributed by atoms with van der Waals surface area (Å²) in [5, 5.41) is 0.773.